The van der Waals surface area contributed by atoms with Crippen LogP contribution in [0.3, 0.4) is 0 Å². The van der Waals surface area contributed by atoms with Crippen molar-refractivity contribution in [1.29, 1.82) is 0 Å². The Morgan fingerprint density at radius 2 is 2.10 bits per heavy atom. The van der Waals surface area contributed by atoms with Crippen LogP contribution in [0.15, 0.2) is 0 Å². The number of ether oxygens (including phenoxy) is 1. The summed E-state index contributed by atoms with van der Waals surface area (Å²) in [6.45, 7) is 1.60. The summed E-state index contributed by atoms with van der Waals surface area (Å²) in [7, 11) is 0. The van der Waals surface area contributed by atoms with E-state index < -0.39 is 24.7 Å². The summed E-state index contributed by atoms with van der Waals surface area (Å²) in [5.74, 6) is 0. The van der Waals surface area contributed by atoms with E-state index in [1.165, 1.54) is 0 Å². The maximum atomic E-state index is 12.5. The first kappa shape index (κ1) is 7.91. The molecule has 1 saturated heterocycles. The molecule has 0 aromatic heterocycles. The fourth-order valence-corrected chi connectivity index (χ4v) is 0.935. The third kappa shape index (κ3) is 1.45. The lowest BCUT2D eigenvalue weighted by molar-refractivity contribution is -0.224. The SMILES string of the molecule is C[C@@H]1O[C@@H](O)[C@H](F)C[C@@H]1O. The normalized spacial score (nSPS) is 49.2. The lowest BCUT2D eigenvalue weighted by atomic mass is 10.1. The fraction of sp³-hybridized carbons (Fsp3) is 1.00. The molecular weight excluding hydrogens is 139 g/mol. The third-order valence-corrected chi connectivity index (χ3v) is 1.67. The predicted molar refractivity (Wildman–Crippen MR) is 32.1 cm³/mol. The Morgan fingerprint density at radius 3 is 2.60 bits per heavy atom. The van der Waals surface area contributed by atoms with Crippen molar-refractivity contribution in [3.8, 4) is 0 Å². The summed E-state index contributed by atoms with van der Waals surface area (Å²) in [6.07, 6.45) is -4.12. The molecule has 10 heavy (non-hydrogen) atoms. The quantitative estimate of drug-likeness (QED) is 0.503. The van der Waals surface area contributed by atoms with Gasteiger partial charge < -0.3 is 14.9 Å². The van der Waals surface area contributed by atoms with Crippen LogP contribution < -0.4 is 0 Å². The summed E-state index contributed by atoms with van der Waals surface area (Å²) in [6, 6.07) is 0. The van der Waals surface area contributed by atoms with Gasteiger partial charge in [0.2, 0.25) is 0 Å². The van der Waals surface area contributed by atoms with Crippen LogP contribution in [0.2, 0.25) is 0 Å². The molecule has 1 aliphatic rings. The average molecular weight is 150 g/mol. The van der Waals surface area contributed by atoms with Gasteiger partial charge in [-0.3, -0.25) is 0 Å². The number of hydrogen-bond acceptors (Lipinski definition) is 3. The Kier molecular flexibility index (Phi) is 2.23. The van der Waals surface area contributed by atoms with Gasteiger partial charge >= 0.3 is 0 Å². The summed E-state index contributed by atoms with van der Waals surface area (Å²) in [5.41, 5.74) is 0. The maximum Gasteiger partial charge on any atom is 0.186 e. The topological polar surface area (TPSA) is 49.7 Å². The van der Waals surface area contributed by atoms with Gasteiger partial charge in [-0.1, -0.05) is 0 Å². The number of rotatable bonds is 0. The number of hydrogen-bond donors (Lipinski definition) is 2. The van der Waals surface area contributed by atoms with Crippen molar-refractivity contribution >= 4 is 0 Å². The lowest BCUT2D eigenvalue weighted by Crippen LogP contribution is -2.43. The molecule has 60 valence electrons. The van der Waals surface area contributed by atoms with Gasteiger partial charge in [-0.15, -0.1) is 0 Å². The number of aliphatic hydroxyl groups excluding tert-OH is 2. The van der Waals surface area contributed by atoms with Crippen LogP contribution in [0.1, 0.15) is 13.3 Å². The van der Waals surface area contributed by atoms with Crippen LogP contribution in [0.5, 0.6) is 0 Å². The molecule has 0 radical (unpaired) electrons. The van der Waals surface area contributed by atoms with Gasteiger partial charge in [-0.25, -0.2) is 4.39 Å². The predicted octanol–water partition coefficient (Wildman–Crippen LogP) is -0.187. The first-order chi connectivity index (χ1) is 4.61. The maximum absolute atomic E-state index is 12.5. The highest BCUT2D eigenvalue weighted by atomic mass is 19.1. The molecule has 0 unspecified atom stereocenters. The van der Waals surface area contributed by atoms with E-state index in [0.29, 0.717) is 0 Å². The first-order valence-corrected chi connectivity index (χ1v) is 3.27. The van der Waals surface area contributed by atoms with Gasteiger partial charge in [0.25, 0.3) is 0 Å². The summed E-state index contributed by atoms with van der Waals surface area (Å²) in [5, 5.41) is 17.7. The molecule has 4 atom stereocenters. The van der Waals surface area contributed by atoms with Gasteiger partial charge in [-0.2, -0.15) is 0 Å². The van der Waals surface area contributed by atoms with E-state index in [2.05, 4.69) is 4.74 Å². The molecule has 0 aromatic rings. The monoisotopic (exact) mass is 150 g/mol. The Morgan fingerprint density at radius 1 is 1.50 bits per heavy atom. The van der Waals surface area contributed by atoms with Crippen LogP contribution in [-0.2, 0) is 4.74 Å². The molecule has 0 aromatic carbocycles. The van der Waals surface area contributed by atoms with Crippen LogP contribution >= 0.6 is 0 Å². The Bertz CT molecular complexity index is 93.6. The largest absolute Gasteiger partial charge is 0.390 e. The second-order valence-electron chi connectivity index (χ2n) is 2.55. The second kappa shape index (κ2) is 2.82. The van der Waals surface area contributed by atoms with Crippen LogP contribution in [0.4, 0.5) is 4.39 Å². The van der Waals surface area contributed by atoms with Crippen LogP contribution in [-0.4, -0.2) is 34.9 Å². The van der Waals surface area contributed by atoms with Crippen molar-refractivity contribution in [1.82, 2.24) is 0 Å². The van der Waals surface area contributed by atoms with Crippen LogP contribution in [0.25, 0.3) is 0 Å². The molecule has 3 nitrogen and oxygen atoms in total. The van der Waals surface area contributed by atoms with Crippen molar-refractivity contribution in [3.63, 3.8) is 0 Å². The van der Waals surface area contributed by atoms with Gasteiger partial charge in [-0.05, 0) is 6.92 Å². The van der Waals surface area contributed by atoms with Gasteiger partial charge in [0.1, 0.15) is 0 Å². The van der Waals surface area contributed by atoms with E-state index in [0.717, 1.165) is 0 Å². The Hall–Kier alpha value is -0.190. The minimum atomic E-state index is -1.45. The molecule has 1 rings (SSSR count). The molecule has 0 saturated carbocycles. The minimum Gasteiger partial charge on any atom is -0.390 e. The molecule has 1 fully saturated rings. The van der Waals surface area contributed by atoms with Crippen molar-refractivity contribution in [2.24, 2.45) is 0 Å². The summed E-state index contributed by atoms with van der Waals surface area (Å²) >= 11 is 0. The number of alkyl halides is 1. The van der Waals surface area contributed by atoms with E-state index in [9.17, 15) is 4.39 Å². The zero-order valence-electron chi connectivity index (χ0n) is 5.70. The molecule has 1 aliphatic heterocycles. The van der Waals surface area contributed by atoms with E-state index in [1.54, 1.807) is 6.92 Å². The molecule has 0 spiro atoms. The molecule has 0 amide bonds. The average Bonchev–Trinajstić information content (AvgIpc) is 1.84. The van der Waals surface area contributed by atoms with Crippen molar-refractivity contribution in [2.75, 3.05) is 0 Å². The first-order valence-electron chi connectivity index (χ1n) is 3.27. The highest BCUT2D eigenvalue weighted by molar-refractivity contribution is 4.77. The second-order valence-corrected chi connectivity index (χ2v) is 2.55. The molecule has 0 bridgehead atoms. The molecule has 1 heterocycles. The highest BCUT2D eigenvalue weighted by Gasteiger charge is 2.33. The Labute approximate surface area is 58.4 Å². The number of aliphatic hydroxyl groups is 2. The highest BCUT2D eigenvalue weighted by Crippen LogP contribution is 2.20. The van der Waals surface area contributed by atoms with Crippen LogP contribution in [0, 0.1) is 0 Å². The zero-order valence-corrected chi connectivity index (χ0v) is 5.70. The van der Waals surface area contributed by atoms with E-state index in [-0.39, 0.29) is 6.42 Å². The zero-order chi connectivity index (χ0) is 7.72. The third-order valence-electron chi connectivity index (χ3n) is 1.67. The molecule has 2 N–H and O–H groups in total. The van der Waals surface area contributed by atoms with E-state index in [4.69, 9.17) is 10.2 Å². The van der Waals surface area contributed by atoms with E-state index >= 15 is 0 Å². The molecule has 4 heteroatoms. The molecular formula is C6H11FO3. The van der Waals surface area contributed by atoms with Gasteiger partial charge in [0, 0.05) is 6.42 Å². The fourth-order valence-electron chi connectivity index (χ4n) is 0.935. The summed E-state index contributed by atoms with van der Waals surface area (Å²) < 4.78 is 17.1. The standard InChI is InChI=1S/C6H11FO3/c1-3-5(8)2-4(7)6(9)10-3/h3-6,8-9H,2H2,1H3/t3-,4+,5-,6+/m0/s1. The Balaban J connectivity index is 2.46. The van der Waals surface area contributed by atoms with Crippen molar-refractivity contribution in [2.45, 2.75) is 38.0 Å². The lowest BCUT2D eigenvalue weighted by Gasteiger charge is -2.31. The summed E-state index contributed by atoms with van der Waals surface area (Å²) in [4.78, 5) is 0. The number of halogens is 1. The minimum absolute atomic E-state index is 0.0394. The van der Waals surface area contributed by atoms with Crippen molar-refractivity contribution in [3.05, 3.63) is 0 Å². The van der Waals surface area contributed by atoms with Gasteiger partial charge in [0.15, 0.2) is 12.5 Å². The van der Waals surface area contributed by atoms with Gasteiger partial charge in [0.05, 0.1) is 12.2 Å². The molecule has 0 aliphatic carbocycles. The smallest absolute Gasteiger partial charge is 0.186 e. The van der Waals surface area contributed by atoms with Crippen molar-refractivity contribution < 1.29 is 19.3 Å². The van der Waals surface area contributed by atoms with E-state index in [1.807, 2.05) is 0 Å².